The van der Waals surface area contributed by atoms with Gasteiger partial charge in [0.05, 0.1) is 15.6 Å². The maximum absolute atomic E-state index is 14.1. The maximum atomic E-state index is 14.1. The van der Waals surface area contributed by atoms with Crippen LogP contribution in [-0.2, 0) is 26.2 Å². The number of carbonyl (C=O) groups is 2. The molecule has 0 aromatic heterocycles. The summed E-state index contributed by atoms with van der Waals surface area (Å²) in [4.78, 5) is 28.9. The van der Waals surface area contributed by atoms with Crippen molar-refractivity contribution < 1.29 is 18.0 Å². The average Bonchev–Trinajstić information content (AvgIpc) is 2.93. The Bertz CT molecular complexity index is 1430. The van der Waals surface area contributed by atoms with Crippen LogP contribution in [-0.4, -0.2) is 44.3 Å². The number of rotatable bonds is 12. The zero-order valence-corrected chi connectivity index (χ0v) is 25.4. The molecule has 0 spiro atoms. The lowest BCUT2D eigenvalue weighted by atomic mass is 10.1. The quantitative estimate of drug-likeness (QED) is 0.272. The summed E-state index contributed by atoms with van der Waals surface area (Å²) in [5, 5.41) is 3.30. The second kappa shape index (κ2) is 14.0. The Morgan fingerprint density at radius 3 is 2.23 bits per heavy atom. The molecule has 214 valence electrons. The van der Waals surface area contributed by atoms with E-state index in [0.29, 0.717) is 13.0 Å². The normalized spacial score (nSPS) is 12.2. The van der Waals surface area contributed by atoms with Crippen LogP contribution in [0.1, 0.15) is 38.3 Å². The Morgan fingerprint density at radius 1 is 0.950 bits per heavy atom. The van der Waals surface area contributed by atoms with E-state index in [1.54, 1.807) is 24.3 Å². The van der Waals surface area contributed by atoms with E-state index >= 15 is 0 Å². The summed E-state index contributed by atoms with van der Waals surface area (Å²) in [6.07, 6.45) is 0.338. The molecular formula is C30H35Cl2N3O4S. The van der Waals surface area contributed by atoms with Gasteiger partial charge in [0.15, 0.2) is 0 Å². The Kier molecular flexibility index (Phi) is 11.0. The van der Waals surface area contributed by atoms with Crippen molar-refractivity contribution in [3.63, 3.8) is 0 Å². The highest BCUT2D eigenvalue weighted by Gasteiger charge is 2.34. The van der Waals surface area contributed by atoms with Gasteiger partial charge < -0.3 is 10.2 Å². The molecule has 0 fully saturated rings. The molecule has 40 heavy (non-hydrogen) atoms. The molecule has 0 radical (unpaired) electrons. The summed E-state index contributed by atoms with van der Waals surface area (Å²) in [6.45, 7) is 7.71. The first-order chi connectivity index (χ1) is 18.9. The molecule has 0 bridgehead atoms. The van der Waals surface area contributed by atoms with E-state index in [2.05, 4.69) is 5.32 Å². The van der Waals surface area contributed by atoms with Gasteiger partial charge in [-0.3, -0.25) is 13.9 Å². The number of anilines is 1. The number of sulfonamides is 1. The Morgan fingerprint density at radius 2 is 1.60 bits per heavy atom. The molecule has 3 aromatic rings. The second-order valence-corrected chi connectivity index (χ2v) is 12.6. The second-order valence-electron chi connectivity index (χ2n) is 9.93. The lowest BCUT2D eigenvalue weighted by molar-refractivity contribution is -0.140. The molecule has 0 unspecified atom stereocenters. The highest BCUT2D eigenvalue weighted by atomic mass is 35.5. The van der Waals surface area contributed by atoms with E-state index in [0.717, 1.165) is 15.4 Å². The number of nitrogens with zero attached hydrogens (tertiary/aromatic N) is 2. The molecule has 10 heteroatoms. The molecule has 1 N–H and O–H groups in total. The molecule has 3 aromatic carbocycles. The van der Waals surface area contributed by atoms with Crippen molar-refractivity contribution in [3.05, 3.63) is 94.0 Å². The van der Waals surface area contributed by atoms with E-state index in [9.17, 15) is 18.0 Å². The van der Waals surface area contributed by atoms with E-state index < -0.39 is 28.5 Å². The SMILES string of the molecule is CC[C@@H](C(=O)NCC(C)C)N(Cc1ccccc1C)C(=O)CN(c1cc(Cl)ccc1Cl)S(=O)(=O)c1ccccc1. The molecular weight excluding hydrogens is 569 g/mol. The summed E-state index contributed by atoms with van der Waals surface area (Å²) in [5.41, 5.74) is 1.87. The topological polar surface area (TPSA) is 86.8 Å². The zero-order valence-electron chi connectivity index (χ0n) is 23.1. The first-order valence-electron chi connectivity index (χ1n) is 13.1. The van der Waals surface area contributed by atoms with Crippen molar-refractivity contribution in [1.29, 1.82) is 0 Å². The zero-order chi connectivity index (χ0) is 29.4. The monoisotopic (exact) mass is 603 g/mol. The Labute approximate surface area is 247 Å². The third-order valence-corrected chi connectivity index (χ3v) is 8.79. The molecule has 0 saturated heterocycles. The third-order valence-electron chi connectivity index (χ3n) is 6.46. The number of hydrogen-bond acceptors (Lipinski definition) is 4. The van der Waals surface area contributed by atoms with Crippen molar-refractivity contribution >= 4 is 50.7 Å². The molecule has 0 aliphatic carbocycles. The molecule has 0 heterocycles. The van der Waals surface area contributed by atoms with Crippen LogP contribution in [0.3, 0.4) is 0 Å². The summed E-state index contributed by atoms with van der Waals surface area (Å²) >= 11 is 12.7. The number of aryl methyl sites for hydroxylation is 1. The molecule has 0 saturated carbocycles. The van der Waals surface area contributed by atoms with Gasteiger partial charge in [-0.25, -0.2) is 8.42 Å². The van der Waals surface area contributed by atoms with Gasteiger partial charge in [0.1, 0.15) is 12.6 Å². The van der Waals surface area contributed by atoms with Crippen molar-refractivity contribution in [3.8, 4) is 0 Å². The first-order valence-corrected chi connectivity index (χ1v) is 15.3. The van der Waals surface area contributed by atoms with Crippen molar-refractivity contribution in [1.82, 2.24) is 10.2 Å². The van der Waals surface area contributed by atoms with E-state index in [4.69, 9.17) is 23.2 Å². The van der Waals surface area contributed by atoms with Gasteiger partial charge in [-0.2, -0.15) is 0 Å². The Balaban J connectivity index is 2.09. The van der Waals surface area contributed by atoms with E-state index in [-0.39, 0.29) is 39.0 Å². The maximum Gasteiger partial charge on any atom is 0.264 e. The van der Waals surface area contributed by atoms with Gasteiger partial charge in [0.2, 0.25) is 11.8 Å². The van der Waals surface area contributed by atoms with Crippen LogP contribution < -0.4 is 9.62 Å². The largest absolute Gasteiger partial charge is 0.354 e. The van der Waals surface area contributed by atoms with Crippen molar-refractivity contribution in [2.75, 3.05) is 17.4 Å². The number of benzene rings is 3. The fraction of sp³-hybridized carbons (Fsp3) is 0.333. The van der Waals surface area contributed by atoms with Gasteiger partial charge in [-0.05, 0) is 60.7 Å². The van der Waals surface area contributed by atoms with Crippen LogP contribution in [0.5, 0.6) is 0 Å². The fourth-order valence-corrected chi connectivity index (χ4v) is 6.10. The molecule has 0 aliphatic heterocycles. The van der Waals surface area contributed by atoms with Crippen LogP contribution in [0.15, 0.2) is 77.7 Å². The summed E-state index contributed by atoms with van der Waals surface area (Å²) in [5.74, 6) is -0.625. The predicted molar refractivity (Wildman–Crippen MR) is 161 cm³/mol. The van der Waals surface area contributed by atoms with Crippen LogP contribution in [0.25, 0.3) is 0 Å². The van der Waals surface area contributed by atoms with Gasteiger partial charge in [0.25, 0.3) is 10.0 Å². The highest BCUT2D eigenvalue weighted by molar-refractivity contribution is 7.92. The average molecular weight is 605 g/mol. The number of carbonyl (C=O) groups excluding carboxylic acids is 2. The number of hydrogen-bond donors (Lipinski definition) is 1. The minimum Gasteiger partial charge on any atom is -0.354 e. The van der Waals surface area contributed by atoms with Gasteiger partial charge in [-0.15, -0.1) is 0 Å². The molecule has 7 nitrogen and oxygen atoms in total. The van der Waals surface area contributed by atoms with E-state index in [1.165, 1.54) is 29.2 Å². The number of amides is 2. The predicted octanol–water partition coefficient (Wildman–Crippen LogP) is 6.08. The Hall–Kier alpha value is -3.07. The van der Waals surface area contributed by atoms with Crippen molar-refractivity contribution in [2.45, 2.75) is 51.6 Å². The van der Waals surface area contributed by atoms with E-state index in [1.807, 2.05) is 52.0 Å². The van der Waals surface area contributed by atoms with Gasteiger partial charge in [-0.1, -0.05) is 86.4 Å². The fourth-order valence-electron chi connectivity index (χ4n) is 4.22. The third kappa shape index (κ3) is 7.77. The lowest BCUT2D eigenvalue weighted by Crippen LogP contribution is -2.52. The molecule has 3 rings (SSSR count). The summed E-state index contributed by atoms with van der Waals surface area (Å²) < 4.78 is 28.7. The standard InChI is InChI=1S/C30H35Cl2N3O4S/c1-5-27(30(37)33-18-21(2)3)34(19-23-12-10-9-11-22(23)4)29(36)20-35(28-17-24(31)15-16-26(28)32)40(38,39)25-13-7-6-8-14-25/h6-17,21,27H,5,18-20H2,1-4H3,(H,33,37)/t27-/m0/s1. The molecule has 0 aliphatic rings. The highest BCUT2D eigenvalue weighted by Crippen LogP contribution is 2.33. The van der Waals surface area contributed by atoms with Crippen LogP contribution in [0.2, 0.25) is 10.0 Å². The van der Waals surface area contributed by atoms with Crippen LogP contribution >= 0.6 is 23.2 Å². The van der Waals surface area contributed by atoms with Gasteiger partial charge in [0, 0.05) is 18.1 Å². The summed E-state index contributed by atoms with van der Waals surface area (Å²) in [7, 11) is -4.23. The smallest absolute Gasteiger partial charge is 0.264 e. The van der Waals surface area contributed by atoms with Crippen LogP contribution in [0.4, 0.5) is 5.69 Å². The van der Waals surface area contributed by atoms with Crippen LogP contribution in [0, 0.1) is 12.8 Å². The van der Waals surface area contributed by atoms with Gasteiger partial charge >= 0.3 is 0 Å². The van der Waals surface area contributed by atoms with Crippen molar-refractivity contribution in [2.24, 2.45) is 5.92 Å². The minimum atomic E-state index is -4.23. The number of nitrogens with one attached hydrogen (secondary N) is 1. The number of halogens is 2. The summed E-state index contributed by atoms with van der Waals surface area (Å²) in [6, 6.07) is 19.0. The lowest BCUT2D eigenvalue weighted by Gasteiger charge is -2.34. The molecule has 1 atom stereocenters. The minimum absolute atomic E-state index is 0.00832. The first kappa shape index (κ1) is 31.5. The molecule has 2 amide bonds.